The zero-order valence-electron chi connectivity index (χ0n) is 20.4. The van der Waals surface area contributed by atoms with Crippen molar-refractivity contribution in [1.29, 1.82) is 5.26 Å². The predicted octanol–water partition coefficient (Wildman–Crippen LogP) is 5.43. The Morgan fingerprint density at radius 1 is 1.29 bits per heavy atom. The van der Waals surface area contributed by atoms with Crippen molar-refractivity contribution < 1.29 is 8.91 Å². The zero-order valence-corrected chi connectivity index (χ0v) is 22.1. The first-order chi connectivity index (χ1) is 16.0. The van der Waals surface area contributed by atoms with Crippen molar-refractivity contribution in [1.82, 2.24) is 14.5 Å². The fraction of sp³-hybridized carbons (Fsp3) is 0.560. The largest absolute Gasteiger partial charge is 0.326 e. The highest BCUT2D eigenvalue weighted by Gasteiger charge is 2.63. The van der Waals surface area contributed by atoms with Gasteiger partial charge in [-0.2, -0.15) is 10.4 Å². The molecule has 1 aliphatic heterocycles. The molecule has 2 saturated carbocycles. The van der Waals surface area contributed by atoms with E-state index in [0.29, 0.717) is 30.5 Å². The molecular weight excluding hydrogens is 468 g/mol. The van der Waals surface area contributed by atoms with E-state index in [2.05, 4.69) is 26.8 Å². The first kappa shape index (κ1) is 23.7. The maximum absolute atomic E-state index is 13.7. The summed E-state index contributed by atoms with van der Waals surface area (Å²) in [5, 5.41) is 14.8. The second-order valence-electron chi connectivity index (χ2n) is 10.6. The Morgan fingerprint density at radius 3 is 2.59 bits per heavy atom. The van der Waals surface area contributed by atoms with E-state index >= 15 is 0 Å². The van der Waals surface area contributed by atoms with Gasteiger partial charge in [0.2, 0.25) is 0 Å². The maximum Gasteiger partial charge on any atom is 0.192 e. The molecule has 2 bridgehead atoms. The molecule has 4 atom stereocenters. The molecular formula is C25H31FN5OPS. The van der Waals surface area contributed by atoms with Gasteiger partial charge in [0.15, 0.2) is 12.2 Å². The molecule has 1 aromatic heterocycles. The Kier molecular flexibility index (Phi) is 5.55. The molecule has 1 aromatic carbocycles. The topological polar surface area (TPSA) is 66.4 Å². The van der Waals surface area contributed by atoms with Crippen molar-refractivity contribution in [2.75, 3.05) is 7.05 Å². The summed E-state index contributed by atoms with van der Waals surface area (Å²) in [6.45, 7) is 9.48. The van der Waals surface area contributed by atoms with E-state index < -0.39 is 6.42 Å². The first-order valence-electron chi connectivity index (χ1n) is 11.8. The van der Waals surface area contributed by atoms with Crippen molar-refractivity contribution >= 4 is 35.2 Å². The van der Waals surface area contributed by atoms with Gasteiger partial charge in [-0.05, 0) is 79.0 Å². The van der Waals surface area contributed by atoms with Gasteiger partial charge in [0.05, 0.1) is 36.1 Å². The van der Waals surface area contributed by atoms with Crippen LogP contribution in [0.1, 0.15) is 57.7 Å². The molecule has 0 amide bonds. The number of nitrogens with zero attached hydrogens (tertiary/aromatic N) is 5. The van der Waals surface area contributed by atoms with Crippen molar-refractivity contribution in [2.24, 2.45) is 21.7 Å². The third-order valence-electron chi connectivity index (χ3n) is 8.79. The van der Waals surface area contributed by atoms with Crippen molar-refractivity contribution in [3.63, 3.8) is 0 Å². The van der Waals surface area contributed by atoms with Gasteiger partial charge in [0, 0.05) is 12.6 Å². The van der Waals surface area contributed by atoms with E-state index in [1.807, 2.05) is 18.6 Å². The number of nitriles is 1. The van der Waals surface area contributed by atoms with E-state index in [1.165, 1.54) is 18.6 Å². The predicted molar refractivity (Wildman–Crippen MR) is 136 cm³/mol. The molecule has 0 unspecified atom stereocenters. The lowest BCUT2D eigenvalue weighted by Gasteiger charge is -2.44. The van der Waals surface area contributed by atoms with Crippen molar-refractivity contribution in [2.45, 2.75) is 66.0 Å². The van der Waals surface area contributed by atoms with Gasteiger partial charge in [0.25, 0.3) is 0 Å². The van der Waals surface area contributed by atoms with E-state index in [1.54, 1.807) is 16.8 Å². The molecule has 5 rings (SSSR count). The molecule has 34 heavy (non-hydrogen) atoms. The minimum atomic E-state index is -2.78. The summed E-state index contributed by atoms with van der Waals surface area (Å²) in [5.41, 5.74) is 1.83. The number of fused-ring (bicyclic) bond motifs is 3. The Hall–Kier alpha value is -2.07. The molecule has 2 fully saturated rings. The van der Waals surface area contributed by atoms with Gasteiger partial charge in [-0.1, -0.05) is 20.8 Å². The van der Waals surface area contributed by atoms with Crippen LogP contribution in [0.15, 0.2) is 29.3 Å². The van der Waals surface area contributed by atoms with Crippen molar-refractivity contribution in [3.05, 3.63) is 41.3 Å². The van der Waals surface area contributed by atoms with Crippen LogP contribution in [-0.2, 0) is 22.9 Å². The zero-order chi connectivity index (χ0) is 24.5. The molecule has 6 nitrogen and oxygen atoms in total. The van der Waals surface area contributed by atoms with Gasteiger partial charge in [-0.15, -0.1) is 0 Å². The Morgan fingerprint density at radius 2 is 2.00 bits per heavy atom. The molecule has 0 spiro atoms. The number of rotatable bonds is 5. The molecule has 2 aromatic rings. The Bertz CT molecular complexity index is 1260. The van der Waals surface area contributed by atoms with Crippen LogP contribution in [-0.4, -0.2) is 33.4 Å². The third kappa shape index (κ3) is 3.24. The molecule has 180 valence electrons. The second-order valence-corrected chi connectivity index (χ2v) is 14.4. The van der Waals surface area contributed by atoms with Crippen LogP contribution < -0.4 is 5.30 Å². The monoisotopic (exact) mass is 499 g/mol. The summed E-state index contributed by atoms with van der Waals surface area (Å²) < 4.78 is 24.6. The number of aryl methyl sites for hydroxylation is 2. The van der Waals surface area contributed by atoms with E-state index in [0.717, 1.165) is 29.4 Å². The average molecular weight is 500 g/mol. The first-order valence-corrected chi connectivity index (χ1v) is 14.5. The minimum Gasteiger partial charge on any atom is -0.326 e. The maximum atomic E-state index is 13.7. The summed E-state index contributed by atoms with van der Waals surface area (Å²) in [6.07, 6.45) is 0.984. The van der Waals surface area contributed by atoms with Crippen LogP contribution in [0.2, 0.25) is 0 Å². The lowest BCUT2D eigenvalue weighted by molar-refractivity contribution is 0.0357. The third-order valence-corrected chi connectivity index (χ3v) is 12.9. The number of hydrogen-bond acceptors (Lipinski definition) is 5. The summed E-state index contributed by atoms with van der Waals surface area (Å²) in [5.74, 6) is 1.65. The van der Waals surface area contributed by atoms with E-state index in [4.69, 9.17) is 31.7 Å². The highest BCUT2D eigenvalue weighted by Crippen LogP contribution is 2.69. The van der Waals surface area contributed by atoms with Gasteiger partial charge in [-0.3, -0.25) is 0 Å². The molecule has 2 aliphatic carbocycles. The summed E-state index contributed by atoms with van der Waals surface area (Å²) in [6, 6.07) is 8.50. The molecule has 3 aliphatic rings. The van der Waals surface area contributed by atoms with Crippen LogP contribution in [0.3, 0.4) is 0 Å². The molecule has 0 saturated heterocycles. The van der Waals surface area contributed by atoms with Crippen LogP contribution in [0.5, 0.6) is 0 Å². The minimum absolute atomic E-state index is 0.0526. The molecule has 0 N–H and O–H groups in total. The SMILES string of the molecule is Cc1nn(CCC#N)c2c1[P@](=S)(O[C@@H]1C[C@H]3CC[C@]1(C)C3(C)C)N(C)C(c1ccc(F)cc1)=N2. The number of amidine groups is 1. The normalized spacial score (nSPS) is 31.3. The quantitative estimate of drug-likeness (QED) is 0.513. The fourth-order valence-electron chi connectivity index (χ4n) is 6.20. The van der Waals surface area contributed by atoms with E-state index in [-0.39, 0.29) is 22.8 Å². The number of aliphatic imine (C=N–C) groups is 1. The number of hydrogen-bond donors (Lipinski definition) is 0. The lowest BCUT2D eigenvalue weighted by Crippen LogP contribution is -2.41. The van der Waals surface area contributed by atoms with Gasteiger partial charge < -0.3 is 9.19 Å². The highest BCUT2D eigenvalue weighted by atomic mass is 32.4. The molecule has 9 heteroatoms. The highest BCUT2D eigenvalue weighted by molar-refractivity contribution is 8.15. The van der Waals surface area contributed by atoms with E-state index in [9.17, 15) is 4.39 Å². The van der Waals surface area contributed by atoms with Crippen molar-refractivity contribution in [3.8, 4) is 6.07 Å². The van der Waals surface area contributed by atoms with Crippen LogP contribution in [0.25, 0.3) is 0 Å². The molecule has 2 heterocycles. The number of benzene rings is 1. The van der Waals surface area contributed by atoms with Gasteiger partial charge in [-0.25, -0.2) is 14.1 Å². The number of halogens is 1. The smallest absolute Gasteiger partial charge is 0.192 e. The summed E-state index contributed by atoms with van der Waals surface area (Å²) in [7, 11) is 1.94. The van der Waals surface area contributed by atoms with Crippen LogP contribution in [0.4, 0.5) is 10.2 Å². The standard InChI is InChI=1S/C25H31FN5OPS/c1-16-21-23(31(29-16)14-6-13-27)28-22(17-7-9-19(26)10-8-17)30(5)33(21,34)32-20-15-18-11-12-25(20,4)24(18,2)3/h7-10,18,20H,6,11-12,14-15H2,1-5H3/t18-,20-,25+,33-/m1/s1. The second kappa shape index (κ2) is 7.98. The fourth-order valence-corrected chi connectivity index (χ4v) is 9.87. The summed E-state index contributed by atoms with van der Waals surface area (Å²) >= 11 is 6.47. The van der Waals surface area contributed by atoms with Crippen LogP contribution >= 0.6 is 6.42 Å². The van der Waals surface area contributed by atoms with Crippen LogP contribution in [0, 0.1) is 40.8 Å². The van der Waals surface area contributed by atoms with Gasteiger partial charge in [0.1, 0.15) is 11.7 Å². The van der Waals surface area contributed by atoms with Gasteiger partial charge >= 0.3 is 0 Å². The lowest BCUT2D eigenvalue weighted by atomic mass is 9.70. The molecule has 0 radical (unpaired) electrons. The average Bonchev–Trinajstić information content (AvgIpc) is 3.30. The number of aromatic nitrogens is 2. The summed E-state index contributed by atoms with van der Waals surface area (Å²) in [4.78, 5) is 4.96. The Balaban J connectivity index is 1.64. The Labute approximate surface area is 206 Å².